The zero-order valence-electron chi connectivity index (χ0n) is 20.3. The maximum Gasteiger partial charge on any atom is 0.338 e. The number of aromatic nitrogens is 1. The SMILES string of the molecule is C=C(C)C(=O)OC(C)[n+]1ccccc1.CCCCCCCCCCCCC1CCC1.[Cl-]. The number of rotatable bonds is 14. The third kappa shape index (κ3) is 15.1. The Bertz CT molecular complexity index is 572. The van der Waals surface area contributed by atoms with Crippen LogP contribution in [0.1, 0.15) is 117 Å². The van der Waals surface area contributed by atoms with E-state index in [4.69, 9.17) is 4.74 Å². The van der Waals surface area contributed by atoms with Crippen LogP contribution in [0.3, 0.4) is 0 Å². The van der Waals surface area contributed by atoms with Crippen LogP contribution in [0, 0.1) is 5.92 Å². The third-order valence-electron chi connectivity index (χ3n) is 5.98. The van der Waals surface area contributed by atoms with E-state index in [1.54, 1.807) is 18.4 Å². The van der Waals surface area contributed by atoms with E-state index < -0.39 is 0 Å². The average Bonchev–Trinajstić information content (AvgIpc) is 2.71. The molecule has 0 bridgehead atoms. The van der Waals surface area contributed by atoms with E-state index in [0.717, 1.165) is 5.92 Å². The fourth-order valence-electron chi connectivity index (χ4n) is 3.67. The van der Waals surface area contributed by atoms with Crippen molar-refractivity contribution in [2.24, 2.45) is 5.92 Å². The highest BCUT2D eigenvalue weighted by Gasteiger charge is 2.17. The highest BCUT2D eigenvalue weighted by molar-refractivity contribution is 5.86. The van der Waals surface area contributed by atoms with Crippen molar-refractivity contribution in [2.45, 2.75) is 117 Å². The molecule has 3 nitrogen and oxygen atoms in total. The van der Waals surface area contributed by atoms with Crippen molar-refractivity contribution in [3.05, 3.63) is 42.7 Å². The number of hydrogen-bond acceptors (Lipinski definition) is 2. The van der Waals surface area contributed by atoms with Gasteiger partial charge in [0.15, 0.2) is 12.4 Å². The molecule has 1 aromatic rings. The first-order chi connectivity index (χ1) is 14.5. The van der Waals surface area contributed by atoms with E-state index in [0.29, 0.717) is 5.57 Å². The lowest BCUT2D eigenvalue weighted by Gasteiger charge is -2.24. The van der Waals surface area contributed by atoms with Crippen LogP contribution in [-0.4, -0.2) is 5.97 Å². The van der Waals surface area contributed by atoms with E-state index in [9.17, 15) is 4.79 Å². The van der Waals surface area contributed by atoms with Crippen molar-refractivity contribution >= 4 is 5.97 Å². The molecule has 0 aliphatic heterocycles. The molecule has 1 aromatic heterocycles. The van der Waals surface area contributed by atoms with Crippen LogP contribution in [0.25, 0.3) is 0 Å². The van der Waals surface area contributed by atoms with Crippen molar-refractivity contribution in [2.75, 3.05) is 0 Å². The second-order valence-electron chi connectivity index (χ2n) is 8.88. The van der Waals surface area contributed by atoms with Gasteiger partial charge in [0.05, 0.1) is 0 Å². The zero-order valence-corrected chi connectivity index (χ0v) is 21.0. The van der Waals surface area contributed by atoms with Gasteiger partial charge in [-0.15, -0.1) is 0 Å². The first-order valence-corrected chi connectivity index (χ1v) is 12.4. The van der Waals surface area contributed by atoms with Crippen LogP contribution in [0.2, 0.25) is 0 Å². The number of halogens is 1. The Kier molecular flexibility index (Phi) is 18.5. The fraction of sp³-hybridized carbons (Fsp3) is 0.704. The average molecular weight is 452 g/mol. The summed E-state index contributed by atoms with van der Waals surface area (Å²) >= 11 is 0. The molecule has 0 aromatic carbocycles. The van der Waals surface area contributed by atoms with Crippen molar-refractivity contribution in [1.29, 1.82) is 0 Å². The predicted octanol–water partition coefficient (Wildman–Crippen LogP) is 4.71. The summed E-state index contributed by atoms with van der Waals surface area (Å²) in [5, 5.41) is 0. The maximum atomic E-state index is 11.2. The molecule has 0 amide bonds. The number of pyridine rings is 1. The van der Waals surface area contributed by atoms with E-state index in [1.165, 1.54) is 89.9 Å². The minimum absolute atomic E-state index is 0. The number of unbranched alkanes of at least 4 members (excludes halogenated alkanes) is 9. The van der Waals surface area contributed by atoms with Crippen LogP contribution < -0.4 is 17.0 Å². The molecular formula is C27H46ClNO2. The Morgan fingerprint density at radius 3 is 1.94 bits per heavy atom. The third-order valence-corrected chi connectivity index (χ3v) is 5.98. The van der Waals surface area contributed by atoms with E-state index in [1.807, 2.05) is 30.6 Å². The second kappa shape index (κ2) is 19.3. The van der Waals surface area contributed by atoms with Gasteiger partial charge in [0.2, 0.25) is 0 Å². The maximum absolute atomic E-state index is 11.2. The molecule has 1 unspecified atom stereocenters. The molecule has 0 saturated heterocycles. The van der Waals surface area contributed by atoms with Gasteiger partial charge in [0.25, 0.3) is 0 Å². The molecule has 1 saturated carbocycles. The Labute approximate surface area is 198 Å². The van der Waals surface area contributed by atoms with Gasteiger partial charge in [0.1, 0.15) is 0 Å². The lowest BCUT2D eigenvalue weighted by molar-refractivity contribution is -0.753. The highest BCUT2D eigenvalue weighted by atomic mass is 35.5. The quantitative estimate of drug-likeness (QED) is 0.177. The summed E-state index contributed by atoms with van der Waals surface area (Å²) in [6.45, 7) is 9.25. The van der Waals surface area contributed by atoms with Gasteiger partial charge in [0, 0.05) is 24.6 Å². The van der Waals surface area contributed by atoms with Crippen molar-refractivity contribution < 1.29 is 26.5 Å². The summed E-state index contributed by atoms with van der Waals surface area (Å²) in [6.07, 6.45) is 24.3. The molecular weight excluding hydrogens is 406 g/mol. The molecule has 0 spiro atoms. The predicted molar refractivity (Wildman–Crippen MR) is 126 cm³/mol. The van der Waals surface area contributed by atoms with Crippen LogP contribution in [-0.2, 0) is 9.53 Å². The van der Waals surface area contributed by atoms with Crippen LogP contribution >= 0.6 is 0 Å². The Hall–Kier alpha value is -1.35. The molecule has 0 N–H and O–H groups in total. The molecule has 0 radical (unpaired) electrons. The molecule has 4 heteroatoms. The Morgan fingerprint density at radius 1 is 0.968 bits per heavy atom. The summed E-state index contributed by atoms with van der Waals surface area (Å²) in [7, 11) is 0. The summed E-state index contributed by atoms with van der Waals surface area (Å²) in [4.78, 5) is 11.2. The number of ether oxygens (including phenoxy) is 1. The lowest BCUT2D eigenvalue weighted by atomic mass is 9.81. The molecule has 31 heavy (non-hydrogen) atoms. The highest BCUT2D eigenvalue weighted by Crippen LogP contribution is 2.31. The standard InChI is InChI=1S/C16H32.C11H14NO2.ClH/c1-2-3-4-5-6-7-8-9-10-11-13-16-14-12-15-16;1-9(2)11(13)14-10(3)12-7-5-4-6-8-12;/h16H,2-15H2,1H3;4-8,10H,1H2,2-3H3;1H/q;+1;/p-1. The van der Waals surface area contributed by atoms with Crippen LogP contribution in [0.15, 0.2) is 42.7 Å². The van der Waals surface area contributed by atoms with Gasteiger partial charge in [-0.2, -0.15) is 4.57 Å². The van der Waals surface area contributed by atoms with E-state index in [-0.39, 0.29) is 24.6 Å². The smallest absolute Gasteiger partial charge is 0.338 e. The Morgan fingerprint density at radius 2 is 1.48 bits per heavy atom. The monoisotopic (exact) mass is 451 g/mol. The zero-order chi connectivity index (χ0) is 22.0. The summed E-state index contributed by atoms with van der Waals surface area (Å²) in [5.41, 5.74) is 0.411. The van der Waals surface area contributed by atoms with Gasteiger partial charge < -0.3 is 17.1 Å². The molecule has 1 aliphatic rings. The minimum atomic E-state index is -0.367. The minimum Gasteiger partial charge on any atom is -1.00 e. The molecule has 1 aliphatic carbocycles. The topological polar surface area (TPSA) is 30.2 Å². The summed E-state index contributed by atoms with van der Waals surface area (Å²) < 4.78 is 6.93. The molecule has 178 valence electrons. The summed E-state index contributed by atoms with van der Waals surface area (Å²) in [6, 6.07) is 5.67. The first-order valence-electron chi connectivity index (χ1n) is 12.4. The number of carbonyl (C=O) groups is 1. The van der Waals surface area contributed by atoms with Gasteiger partial charge in [-0.3, -0.25) is 0 Å². The van der Waals surface area contributed by atoms with Gasteiger partial charge >= 0.3 is 12.2 Å². The number of carbonyl (C=O) groups excluding carboxylic acids is 1. The van der Waals surface area contributed by atoms with Gasteiger partial charge in [-0.05, 0) is 12.8 Å². The molecule has 1 heterocycles. The van der Waals surface area contributed by atoms with Gasteiger partial charge in [-0.1, -0.05) is 109 Å². The fourth-order valence-corrected chi connectivity index (χ4v) is 3.67. The molecule has 1 fully saturated rings. The van der Waals surface area contributed by atoms with Crippen LogP contribution in [0.4, 0.5) is 0 Å². The van der Waals surface area contributed by atoms with Gasteiger partial charge in [-0.25, -0.2) is 4.79 Å². The number of nitrogens with zero attached hydrogens (tertiary/aromatic N) is 1. The largest absolute Gasteiger partial charge is 1.00 e. The lowest BCUT2D eigenvalue weighted by Crippen LogP contribution is -3.00. The normalized spacial score (nSPS) is 13.8. The van der Waals surface area contributed by atoms with Crippen molar-refractivity contribution in [1.82, 2.24) is 0 Å². The Balaban J connectivity index is 0.000000567. The molecule has 1 atom stereocenters. The number of hydrogen-bond donors (Lipinski definition) is 0. The van der Waals surface area contributed by atoms with Crippen molar-refractivity contribution in [3.63, 3.8) is 0 Å². The van der Waals surface area contributed by atoms with E-state index in [2.05, 4.69) is 13.5 Å². The summed E-state index contributed by atoms with van der Waals surface area (Å²) in [5.74, 6) is 0.767. The first kappa shape index (κ1) is 29.7. The second-order valence-corrected chi connectivity index (χ2v) is 8.88. The number of esters is 1. The van der Waals surface area contributed by atoms with Crippen molar-refractivity contribution in [3.8, 4) is 0 Å². The van der Waals surface area contributed by atoms with Crippen LogP contribution in [0.5, 0.6) is 0 Å². The molecule has 2 rings (SSSR count). The van der Waals surface area contributed by atoms with E-state index >= 15 is 0 Å².